The second-order valence-corrected chi connectivity index (χ2v) is 5.38. The fourth-order valence-corrected chi connectivity index (χ4v) is 2.17. The summed E-state index contributed by atoms with van der Waals surface area (Å²) in [5.74, 6) is -0.402. The first-order valence-corrected chi connectivity index (χ1v) is 6.96. The van der Waals surface area contributed by atoms with E-state index in [1.807, 2.05) is 6.92 Å². The Kier molecular flexibility index (Phi) is 4.45. The molecule has 9 heteroatoms. The molecule has 1 atom stereocenters. The topological polar surface area (TPSA) is 117 Å². The van der Waals surface area contributed by atoms with E-state index in [2.05, 4.69) is 10.3 Å². The lowest BCUT2D eigenvalue weighted by Gasteiger charge is -2.10. The summed E-state index contributed by atoms with van der Waals surface area (Å²) in [6.45, 7) is 1.91. The Balaban J connectivity index is 2.32. The van der Waals surface area contributed by atoms with Gasteiger partial charge < -0.3 is 15.6 Å². The summed E-state index contributed by atoms with van der Waals surface area (Å²) >= 11 is 0. The van der Waals surface area contributed by atoms with Crippen molar-refractivity contribution in [2.24, 2.45) is 19.8 Å². The van der Waals surface area contributed by atoms with Crippen LogP contribution >= 0.6 is 0 Å². The summed E-state index contributed by atoms with van der Waals surface area (Å²) in [5, 5.41) is 2.64. The maximum atomic E-state index is 12.4. The number of nitrogens with one attached hydrogen (secondary N) is 1. The Hall–Kier alpha value is -2.42. The lowest BCUT2D eigenvalue weighted by Crippen LogP contribution is -2.44. The first-order chi connectivity index (χ1) is 10.3. The van der Waals surface area contributed by atoms with Crippen molar-refractivity contribution in [2.45, 2.75) is 25.9 Å². The van der Waals surface area contributed by atoms with Gasteiger partial charge in [0.05, 0.1) is 6.33 Å². The zero-order valence-electron chi connectivity index (χ0n) is 12.9. The maximum absolute atomic E-state index is 12.4. The molecule has 1 unspecified atom stereocenters. The van der Waals surface area contributed by atoms with Crippen molar-refractivity contribution in [1.29, 1.82) is 0 Å². The standard InChI is InChI=1S/C13H20N6O3/c1-8(14)4-5-15-9(20)6-19-12(21)10-11(16-7-17(10)2)18(3)13(19)22/h7-8H,4-6,14H2,1-3H3,(H,15,20). The normalized spacial score (nSPS) is 12.5. The van der Waals surface area contributed by atoms with E-state index in [4.69, 9.17) is 5.73 Å². The van der Waals surface area contributed by atoms with Gasteiger partial charge in [0, 0.05) is 26.7 Å². The van der Waals surface area contributed by atoms with E-state index in [1.54, 1.807) is 7.05 Å². The number of aromatic nitrogens is 4. The number of rotatable bonds is 5. The molecule has 0 aliphatic rings. The van der Waals surface area contributed by atoms with Crippen molar-refractivity contribution >= 4 is 17.1 Å². The van der Waals surface area contributed by atoms with Crippen LogP contribution in [-0.2, 0) is 25.4 Å². The molecule has 0 saturated carbocycles. The molecule has 2 aromatic rings. The van der Waals surface area contributed by atoms with Crippen molar-refractivity contribution in [2.75, 3.05) is 6.54 Å². The monoisotopic (exact) mass is 308 g/mol. The number of fused-ring (bicyclic) bond motifs is 1. The highest BCUT2D eigenvalue weighted by molar-refractivity contribution is 5.76. The highest BCUT2D eigenvalue weighted by Crippen LogP contribution is 2.02. The molecule has 2 heterocycles. The third-order valence-corrected chi connectivity index (χ3v) is 3.42. The summed E-state index contributed by atoms with van der Waals surface area (Å²) in [4.78, 5) is 40.5. The number of carbonyl (C=O) groups excluding carboxylic acids is 1. The Morgan fingerprint density at radius 3 is 2.73 bits per heavy atom. The van der Waals surface area contributed by atoms with Crippen LogP contribution in [0.15, 0.2) is 15.9 Å². The average molecular weight is 308 g/mol. The molecule has 0 spiro atoms. The minimum absolute atomic E-state index is 0.0262. The number of aryl methyl sites for hydroxylation is 2. The molecule has 2 rings (SSSR count). The van der Waals surface area contributed by atoms with Crippen LogP contribution in [0.25, 0.3) is 11.2 Å². The first-order valence-electron chi connectivity index (χ1n) is 6.96. The van der Waals surface area contributed by atoms with E-state index in [0.717, 1.165) is 4.57 Å². The lowest BCUT2D eigenvalue weighted by molar-refractivity contribution is -0.121. The van der Waals surface area contributed by atoms with Gasteiger partial charge in [-0.1, -0.05) is 0 Å². The third-order valence-electron chi connectivity index (χ3n) is 3.42. The van der Waals surface area contributed by atoms with Crippen molar-refractivity contribution in [3.63, 3.8) is 0 Å². The Labute approximate surface area is 126 Å². The quantitative estimate of drug-likeness (QED) is 0.682. The van der Waals surface area contributed by atoms with Gasteiger partial charge in [-0.3, -0.25) is 14.2 Å². The molecule has 22 heavy (non-hydrogen) atoms. The number of carbonyl (C=O) groups is 1. The van der Waals surface area contributed by atoms with Crippen LogP contribution in [0.2, 0.25) is 0 Å². The van der Waals surface area contributed by atoms with Crippen molar-refractivity contribution in [1.82, 2.24) is 24.0 Å². The molecule has 0 fully saturated rings. The molecule has 3 N–H and O–H groups in total. The van der Waals surface area contributed by atoms with Crippen molar-refractivity contribution in [3.8, 4) is 0 Å². The van der Waals surface area contributed by atoms with E-state index in [9.17, 15) is 14.4 Å². The van der Waals surface area contributed by atoms with Crippen molar-refractivity contribution in [3.05, 3.63) is 27.2 Å². The minimum atomic E-state index is -0.571. The Bertz CT molecular complexity index is 814. The number of imidazole rings is 1. The molecular weight excluding hydrogens is 288 g/mol. The Morgan fingerprint density at radius 2 is 2.09 bits per heavy atom. The second kappa shape index (κ2) is 6.14. The smallest absolute Gasteiger partial charge is 0.332 e. The van der Waals surface area contributed by atoms with Gasteiger partial charge in [0.25, 0.3) is 5.56 Å². The van der Waals surface area contributed by atoms with Crippen LogP contribution in [0.3, 0.4) is 0 Å². The van der Waals surface area contributed by atoms with Gasteiger partial charge in [-0.2, -0.15) is 0 Å². The molecule has 0 aliphatic carbocycles. The fraction of sp³-hybridized carbons (Fsp3) is 0.538. The predicted octanol–water partition coefficient (Wildman–Crippen LogP) is -1.71. The second-order valence-electron chi connectivity index (χ2n) is 5.38. The summed E-state index contributed by atoms with van der Waals surface area (Å²) < 4.78 is 3.69. The molecule has 9 nitrogen and oxygen atoms in total. The zero-order valence-corrected chi connectivity index (χ0v) is 12.9. The molecule has 1 amide bonds. The molecule has 0 saturated heterocycles. The number of hydrogen-bond acceptors (Lipinski definition) is 5. The maximum Gasteiger partial charge on any atom is 0.332 e. The zero-order chi connectivity index (χ0) is 16.4. The Morgan fingerprint density at radius 1 is 1.41 bits per heavy atom. The van der Waals surface area contributed by atoms with E-state index in [-0.39, 0.29) is 18.1 Å². The first kappa shape index (κ1) is 16.0. The van der Waals surface area contributed by atoms with E-state index < -0.39 is 17.2 Å². The molecule has 2 aromatic heterocycles. The van der Waals surface area contributed by atoms with Gasteiger partial charge in [0.2, 0.25) is 5.91 Å². The van der Waals surface area contributed by atoms with E-state index in [1.165, 1.54) is 22.5 Å². The molecule has 0 bridgehead atoms. The van der Waals surface area contributed by atoms with Crippen molar-refractivity contribution < 1.29 is 4.79 Å². The van der Waals surface area contributed by atoms with Gasteiger partial charge in [-0.25, -0.2) is 14.3 Å². The SMILES string of the molecule is CC(N)CCNC(=O)Cn1c(=O)c2c(ncn2C)n(C)c1=O. The van der Waals surface area contributed by atoms with Gasteiger partial charge >= 0.3 is 5.69 Å². The summed E-state index contributed by atoms with van der Waals surface area (Å²) in [5.41, 5.74) is 5.08. The van der Waals surface area contributed by atoms with Gasteiger partial charge in [0.15, 0.2) is 11.2 Å². The fourth-order valence-electron chi connectivity index (χ4n) is 2.17. The molecule has 0 radical (unpaired) electrons. The van der Waals surface area contributed by atoms with Crippen LogP contribution in [0.4, 0.5) is 0 Å². The largest absolute Gasteiger partial charge is 0.354 e. The van der Waals surface area contributed by atoms with E-state index in [0.29, 0.717) is 18.6 Å². The minimum Gasteiger partial charge on any atom is -0.354 e. The van der Waals surface area contributed by atoms with Crippen LogP contribution in [-0.4, -0.2) is 37.2 Å². The lowest BCUT2D eigenvalue weighted by atomic mass is 10.2. The van der Waals surface area contributed by atoms with Crippen LogP contribution in [0.1, 0.15) is 13.3 Å². The van der Waals surface area contributed by atoms with Crippen LogP contribution in [0, 0.1) is 0 Å². The summed E-state index contributed by atoms with van der Waals surface area (Å²) in [6, 6.07) is -0.0262. The third kappa shape index (κ3) is 2.93. The van der Waals surface area contributed by atoms with Gasteiger partial charge in [-0.05, 0) is 13.3 Å². The van der Waals surface area contributed by atoms with Crippen LogP contribution in [0.5, 0.6) is 0 Å². The molecular formula is C13H20N6O3. The number of nitrogens with two attached hydrogens (primary N) is 1. The van der Waals surface area contributed by atoms with Crippen LogP contribution < -0.4 is 22.3 Å². The molecule has 120 valence electrons. The molecule has 0 aliphatic heterocycles. The van der Waals surface area contributed by atoms with E-state index >= 15 is 0 Å². The highest BCUT2D eigenvalue weighted by atomic mass is 16.2. The highest BCUT2D eigenvalue weighted by Gasteiger charge is 2.16. The molecule has 0 aromatic carbocycles. The van der Waals surface area contributed by atoms with Gasteiger partial charge in [-0.15, -0.1) is 0 Å². The predicted molar refractivity (Wildman–Crippen MR) is 81.5 cm³/mol. The number of hydrogen-bond donors (Lipinski definition) is 2. The van der Waals surface area contributed by atoms with Gasteiger partial charge in [0.1, 0.15) is 6.54 Å². The average Bonchev–Trinajstić information content (AvgIpc) is 2.83. The number of nitrogens with zero attached hydrogens (tertiary/aromatic N) is 4. The summed E-state index contributed by atoms with van der Waals surface area (Å²) in [7, 11) is 3.18. The summed E-state index contributed by atoms with van der Waals surface area (Å²) in [6.07, 6.45) is 2.08. The number of amides is 1.